The highest BCUT2D eigenvalue weighted by Crippen LogP contribution is 2.20. The molecule has 0 bridgehead atoms. The van der Waals surface area contributed by atoms with Crippen LogP contribution in [0.15, 0.2) is 24.3 Å². The Labute approximate surface area is 112 Å². The second-order valence-electron chi connectivity index (χ2n) is 4.71. The lowest BCUT2D eigenvalue weighted by Gasteiger charge is -2.30. The number of benzene rings is 1. The SMILES string of the molecule is COC(=O)C1CCN(C(=O)c2ccc(N)cc2)CC1. The number of hydrogen-bond acceptors (Lipinski definition) is 4. The van der Waals surface area contributed by atoms with Gasteiger partial charge in [0.1, 0.15) is 0 Å². The number of hydrogen-bond donors (Lipinski definition) is 1. The molecule has 1 heterocycles. The van der Waals surface area contributed by atoms with Gasteiger partial charge in [-0.1, -0.05) is 0 Å². The van der Waals surface area contributed by atoms with Crippen molar-refractivity contribution in [1.82, 2.24) is 4.90 Å². The molecule has 2 N–H and O–H groups in total. The molecule has 5 nitrogen and oxygen atoms in total. The van der Waals surface area contributed by atoms with Crippen LogP contribution in [0.25, 0.3) is 0 Å². The van der Waals surface area contributed by atoms with Gasteiger partial charge in [0.2, 0.25) is 0 Å². The Morgan fingerprint density at radius 2 is 1.79 bits per heavy atom. The molecule has 0 radical (unpaired) electrons. The van der Waals surface area contributed by atoms with Crippen LogP contribution in [0, 0.1) is 5.92 Å². The summed E-state index contributed by atoms with van der Waals surface area (Å²) < 4.78 is 4.73. The topological polar surface area (TPSA) is 72.6 Å². The Bertz CT molecular complexity index is 462. The predicted molar refractivity (Wildman–Crippen MR) is 71.5 cm³/mol. The average molecular weight is 262 g/mol. The first kappa shape index (κ1) is 13.4. The molecule has 19 heavy (non-hydrogen) atoms. The van der Waals surface area contributed by atoms with E-state index < -0.39 is 0 Å². The summed E-state index contributed by atoms with van der Waals surface area (Å²) in [6.07, 6.45) is 1.32. The number of piperidine rings is 1. The van der Waals surface area contributed by atoms with Gasteiger partial charge in [-0.05, 0) is 37.1 Å². The molecule has 2 rings (SSSR count). The molecule has 0 saturated carbocycles. The second-order valence-corrected chi connectivity index (χ2v) is 4.71. The van der Waals surface area contributed by atoms with Crippen LogP contribution >= 0.6 is 0 Å². The molecule has 1 aliphatic heterocycles. The maximum absolute atomic E-state index is 12.2. The van der Waals surface area contributed by atoms with Crippen LogP contribution in [0.4, 0.5) is 5.69 Å². The van der Waals surface area contributed by atoms with Gasteiger partial charge in [-0.3, -0.25) is 9.59 Å². The van der Waals surface area contributed by atoms with Crippen molar-refractivity contribution in [1.29, 1.82) is 0 Å². The maximum Gasteiger partial charge on any atom is 0.308 e. The molecule has 0 atom stereocenters. The van der Waals surface area contributed by atoms with Crippen molar-refractivity contribution in [3.8, 4) is 0 Å². The third-order valence-corrected chi connectivity index (χ3v) is 3.47. The molecular weight excluding hydrogens is 244 g/mol. The molecule has 1 aliphatic rings. The van der Waals surface area contributed by atoms with E-state index >= 15 is 0 Å². The van der Waals surface area contributed by atoms with Gasteiger partial charge in [0.25, 0.3) is 5.91 Å². The third-order valence-electron chi connectivity index (χ3n) is 3.47. The van der Waals surface area contributed by atoms with E-state index in [1.54, 1.807) is 29.2 Å². The van der Waals surface area contributed by atoms with Crippen molar-refractivity contribution in [2.24, 2.45) is 5.92 Å². The number of rotatable bonds is 2. The summed E-state index contributed by atoms with van der Waals surface area (Å²) in [5, 5.41) is 0. The van der Waals surface area contributed by atoms with Crippen molar-refractivity contribution in [3.63, 3.8) is 0 Å². The third kappa shape index (κ3) is 3.05. The van der Waals surface area contributed by atoms with Gasteiger partial charge < -0.3 is 15.4 Å². The molecule has 1 aromatic rings. The zero-order valence-electron chi connectivity index (χ0n) is 11.0. The minimum atomic E-state index is -0.181. The fourth-order valence-electron chi connectivity index (χ4n) is 2.29. The van der Waals surface area contributed by atoms with Crippen molar-refractivity contribution < 1.29 is 14.3 Å². The molecule has 1 amide bonds. The number of carbonyl (C=O) groups is 2. The van der Waals surface area contributed by atoms with E-state index in [1.165, 1.54) is 7.11 Å². The predicted octanol–water partition coefficient (Wildman–Crippen LogP) is 1.29. The van der Waals surface area contributed by atoms with Gasteiger partial charge >= 0.3 is 5.97 Å². The fourth-order valence-corrected chi connectivity index (χ4v) is 2.29. The number of anilines is 1. The highest BCUT2D eigenvalue weighted by atomic mass is 16.5. The Hall–Kier alpha value is -2.04. The summed E-state index contributed by atoms with van der Waals surface area (Å²) in [5.41, 5.74) is 6.87. The lowest BCUT2D eigenvalue weighted by molar-refractivity contribution is -0.146. The van der Waals surface area contributed by atoms with E-state index in [0.717, 1.165) is 0 Å². The molecule has 1 saturated heterocycles. The second kappa shape index (κ2) is 5.73. The Kier molecular flexibility index (Phi) is 4.04. The van der Waals surface area contributed by atoms with Gasteiger partial charge in [0.05, 0.1) is 13.0 Å². The lowest BCUT2D eigenvalue weighted by atomic mass is 9.96. The number of likely N-dealkylation sites (tertiary alicyclic amines) is 1. The van der Waals surface area contributed by atoms with Gasteiger partial charge in [-0.15, -0.1) is 0 Å². The van der Waals surface area contributed by atoms with Crippen LogP contribution in [0.2, 0.25) is 0 Å². The highest BCUT2D eigenvalue weighted by molar-refractivity contribution is 5.94. The number of esters is 1. The van der Waals surface area contributed by atoms with E-state index in [2.05, 4.69) is 0 Å². The zero-order chi connectivity index (χ0) is 13.8. The molecule has 0 spiro atoms. The molecule has 1 fully saturated rings. The van der Waals surface area contributed by atoms with E-state index in [1.807, 2.05) is 0 Å². The Morgan fingerprint density at radius 1 is 1.21 bits per heavy atom. The van der Waals surface area contributed by atoms with Crippen LogP contribution in [0.1, 0.15) is 23.2 Å². The number of methoxy groups -OCH3 is 1. The monoisotopic (exact) mass is 262 g/mol. The van der Waals surface area contributed by atoms with Gasteiger partial charge in [0.15, 0.2) is 0 Å². The standard InChI is InChI=1S/C14H18N2O3/c1-19-14(18)11-6-8-16(9-7-11)13(17)10-2-4-12(15)5-3-10/h2-5,11H,6-9,15H2,1H3. The number of nitrogens with two attached hydrogens (primary N) is 1. The van der Waals surface area contributed by atoms with Crippen LogP contribution < -0.4 is 5.73 Å². The molecule has 0 aromatic heterocycles. The van der Waals surface area contributed by atoms with E-state index in [4.69, 9.17) is 10.5 Å². The summed E-state index contributed by atoms with van der Waals surface area (Å²) in [5.74, 6) is -0.275. The molecule has 0 unspecified atom stereocenters. The Balaban J connectivity index is 1.96. The van der Waals surface area contributed by atoms with Gasteiger partial charge in [0, 0.05) is 24.3 Å². The summed E-state index contributed by atoms with van der Waals surface area (Å²) in [6.45, 7) is 1.17. The number of nitrogens with zero attached hydrogens (tertiary/aromatic N) is 1. The number of carbonyl (C=O) groups excluding carboxylic acids is 2. The van der Waals surface area contributed by atoms with Crippen molar-refractivity contribution in [2.45, 2.75) is 12.8 Å². The number of nitrogen functional groups attached to an aromatic ring is 1. The molecular formula is C14H18N2O3. The van der Waals surface area contributed by atoms with Crippen molar-refractivity contribution in [3.05, 3.63) is 29.8 Å². The van der Waals surface area contributed by atoms with Gasteiger partial charge in [-0.25, -0.2) is 0 Å². The quantitative estimate of drug-likeness (QED) is 0.644. The van der Waals surface area contributed by atoms with E-state index in [9.17, 15) is 9.59 Å². The van der Waals surface area contributed by atoms with Crippen LogP contribution in [-0.2, 0) is 9.53 Å². The molecule has 5 heteroatoms. The first-order chi connectivity index (χ1) is 9.11. The largest absolute Gasteiger partial charge is 0.469 e. The minimum Gasteiger partial charge on any atom is -0.469 e. The van der Waals surface area contributed by atoms with Crippen LogP contribution in [0.5, 0.6) is 0 Å². The molecule has 102 valence electrons. The Morgan fingerprint density at radius 3 is 2.32 bits per heavy atom. The summed E-state index contributed by atoms with van der Waals surface area (Å²) >= 11 is 0. The first-order valence-electron chi connectivity index (χ1n) is 6.34. The minimum absolute atomic E-state index is 0.0108. The average Bonchev–Trinajstić information content (AvgIpc) is 2.46. The van der Waals surface area contributed by atoms with Gasteiger partial charge in [-0.2, -0.15) is 0 Å². The molecule has 0 aliphatic carbocycles. The lowest BCUT2D eigenvalue weighted by Crippen LogP contribution is -2.40. The first-order valence-corrected chi connectivity index (χ1v) is 6.34. The maximum atomic E-state index is 12.2. The summed E-state index contributed by atoms with van der Waals surface area (Å²) in [6, 6.07) is 6.89. The molecule has 1 aromatic carbocycles. The van der Waals surface area contributed by atoms with E-state index in [-0.39, 0.29) is 17.8 Å². The van der Waals surface area contributed by atoms with Crippen molar-refractivity contribution >= 4 is 17.6 Å². The zero-order valence-corrected chi connectivity index (χ0v) is 11.0. The van der Waals surface area contributed by atoms with E-state index in [0.29, 0.717) is 37.2 Å². The highest BCUT2D eigenvalue weighted by Gasteiger charge is 2.28. The summed E-state index contributed by atoms with van der Waals surface area (Å²) in [4.78, 5) is 25.4. The number of ether oxygens (including phenoxy) is 1. The smallest absolute Gasteiger partial charge is 0.308 e. The summed E-state index contributed by atoms with van der Waals surface area (Å²) in [7, 11) is 1.40. The number of amides is 1. The van der Waals surface area contributed by atoms with Crippen LogP contribution in [0.3, 0.4) is 0 Å². The normalized spacial score (nSPS) is 16.2. The van der Waals surface area contributed by atoms with Crippen molar-refractivity contribution in [2.75, 3.05) is 25.9 Å². The fraction of sp³-hybridized carbons (Fsp3) is 0.429. The van der Waals surface area contributed by atoms with Crippen LogP contribution in [-0.4, -0.2) is 37.0 Å².